The van der Waals surface area contributed by atoms with E-state index < -0.39 is 0 Å². The first kappa shape index (κ1) is 16.8. The molecule has 1 unspecified atom stereocenters. The van der Waals surface area contributed by atoms with Crippen LogP contribution in [0.4, 0.5) is 0 Å². The summed E-state index contributed by atoms with van der Waals surface area (Å²) < 4.78 is 5.89. The fraction of sp³-hybridized carbons (Fsp3) is 0.632. The molecular weight excluding hydrogens is 304 g/mol. The van der Waals surface area contributed by atoms with E-state index in [-0.39, 0.29) is 0 Å². The van der Waals surface area contributed by atoms with Crippen molar-refractivity contribution < 1.29 is 4.74 Å². The summed E-state index contributed by atoms with van der Waals surface area (Å²) in [6.07, 6.45) is 6.31. The number of hydrogen-bond acceptors (Lipinski definition) is 4. The zero-order valence-electron chi connectivity index (χ0n) is 14.2. The molecule has 0 aliphatic carbocycles. The highest BCUT2D eigenvalue weighted by molar-refractivity contribution is 8.14. The van der Waals surface area contributed by atoms with E-state index in [0.717, 1.165) is 31.0 Å². The molecule has 0 saturated carbocycles. The summed E-state index contributed by atoms with van der Waals surface area (Å²) in [4.78, 5) is 7.33. The van der Waals surface area contributed by atoms with Gasteiger partial charge in [-0.3, -0.25) is 4.99 Å². The SMILES string of the molecule is CCC1=NC(c2ccc(OCCCN3CCCCC3)cc2)CS1. The van der Waals surface area contributed by atoms with E-state index in [2.05, 4.69) is 36.1 Å². The van der Waals surface area contributed by atoms with Crippen LogP contribution in [-0.4, -0.2) is 41.9 Å². The maximum Gasteiger partial charge on any atom is 0.119 e. The third-order valence-corrected chi connectivity index (χ3v) is 5.82. The molecule has 0 N–H and O–H groups in total. The molecule has 3 nitrogen and oxygen atoms in total. The van der Waals surface area contributed by atoms with Gasteiger partial charge in [-0.15, -0.1) is 11.8 Å². The van der Waals surface area contributed by atoms with Crippen molar-refractivity contribution in [2.75, 3.05) is 32.0 Å². The lowest BCUT2D eigenvalue weighted by molar-refractivity contribution is 0.205. The van der Waals surface area contributed by atoms with Crippen molar-refractivity contribution in [3.63, 3.8) is 0 Å². The highest BCUT2D eigenvalue weighted by Gasteiger charge is 2.18. The fourth-order valence-electron chi connectivity index (χ4n) is 3.23. The number of piperidine rings is 1. The highest BCUT2D eigenvalue weighted by atomic mass is 32.2. The molecule has 2 heterocycles. The van der Waals surface area contributed by atoms with Crippen LogP contribution in [0.15, 0.2) is 29.3 Å². The molecule has 1 aromatic carbocycles. The summed E-state index contributed by atoms with van der Waals surface area (Å²) in [6, 6.07) is 8.88. The Labute approximate surface area is 144 Å². The number of hydrogen-bond donors (Lipinski definition) is 0. The topological polar surface area (TPSA) is 24.8 Å². The Bertz CT molecular complexity index is 509. The first-order valence-corrected chi connectivity index (χ1v) is 9.98. The van der Waals surface area contributed by atoms with E-state index in [0.29, 0.717) is 6.04 Å². The van der Waals surface area contributed by atoms with E-state index in [1.807, 2.05) is 11.8 Å². The zero-order chi connectivity index (χ0) is 15.9. The monoisotopic (exact) mass is 332 g/mol. The molecule has 0 spiro atoms. The molecule has 0 bridgehead atoms. The van der Waals surface area contributed by atoms with Crippen molar-refractivity contribution in [1.82, 2.24) is 4.90 Å². The molecule has 0 amide bonds. The van der Waals surface area contributed by atoms with Gasteiger partial charge in [-0.2, -0.15) is 0 Å². The van der Waals surface area contributed by atoms with Crippen LogP contribution >= 0.6 is 11.8 Å². The first-order chi connectivity index (χ1) is 11.3. The number of nitrogens with zero attached hydrogens (tertiary/aromatic N) is 2. The average Bonchev–Trinajstić information content (AvgIpc) is 3.09. The molecule has 23 heavy (non-hydrogen) atoms. The highest BCUT2D eigenvalue weighted by Crippen LogP contribution is 2.32. The average molecular weight is 333 g/mol. The molecular formula is C19H28N2OS. The fourth-order valence-corrected chi connectivity index (χ4v) is 4.26. The van der Waals surface area contributed by atoms with Crippen LogP contribution in [0.5, 0.6) is 5.75 Å². The van der Waals surface area contributed by atoms with Gasteiger partial charge in [-0.05, 0) is 56.5 Å². The third-order valence-electron chi connectivity index (χ3n) is 4.61. The van der Waals surface area contributed by atoms with Crippen LogP contribution in [0.3, 0.4) is 0 Å². The molecule has 1 saturated heterocycles. The van der Waals surface area contributed by atoms with Crippen LogP contribution in [-0.2, 0) is 0 Å². The second kappa shape index (κ2) is 8.74. The van der Waals surface area contributed by atoms with Crippen molar-refractivity contribution >= 4 is 16.8 Å². The molecule has 1 atom stereocenters. The second-order valence-electron chi connectivity index (χ2n) is 6.38. The van der Waals surface area contributed by atoms with Crippen molar-refractivity contribution in [3.05, 3.63) is 29.8 Å². The van der Waals surface area contributed by atoms with Crippen molar-refractivity contribution in [3.8, 4) is 5.75 Å². The largest absolute Gasteiger partial charge is 0.494 e. The molecule has 0 aromatic heterocycles. The minimum absolute atomic E-state index is 0.336. The van der Waals surface area contributed by atoms with Crippen LogP contribution in [0, 0.1) is 0 Å². The summed E-state index contributed by atoms with van der Waals surface area (Å²) in [7, 11) is 0. The minimum atomic E-state index is 0.336. The number of benzene rings is 1. The van der Waals surface area contributed by atoms with Gasteiger partial charge in [0.1, 0.15) is 5.75 Å². The van der Waals surface area contributed by atoms with E-state index in [4.69, 9.17) is 9.73 Å². The standard InChI is InChI=1S/C19H28N2OS/c1-2-19-20-18(15-23-19)16-7-9-17(10-8-16)22-14-6-13-21-11-4-3-5-12-21/h7-10,18H,2-6,11-15H2,1H3. The summed E-state index contributed by atoms with van der Waals surface area (Å²) in [6.45, 7) is 6.71. The van der Waals surface area contributed by atoms with E-state index in [1.54, 1.807) is 0 Å². The zero-order valence-corrected chi connectivity index (χ0v) is 15.0. The summed E-state index contributed by atoms with van der Waals surface area (Å²) in [5, 5.41) is 1.29. The third kappa shape index (κ3) is 4.98. The Morgan fingerprint density at radius 1 is 1.17 bits per heavy atom. The summed E-state index contributed by atoms with van der Waals surface area (Å²) in [5.41, 5.74) is 1.31. The van der Waals surface area contributed by atoms with Crippen LogP contribution in [0.25, 0.3) is 0 Å². The van der Waals surface area contributed by atoms with Crippen LogP contribution < -0.4 is 4.74 Å². The molecule has 4 heteroatoms. The predicted molar refractivity (Wildman–Crippen MR) is 99.8 cm³/mol. The lowest BCUT2D eigenvalue weighted by Gasteiger charge is -2.26. The molecule has 126 valence electrons. The maximum absolute atomic E-state index is 5.89. The maximum atomic E-state index is 5.89. The van der Waals surface area contributed by atoms with Gasteiger partial charge in [0.15, 0.2) is 0 Å². The molecule has 2 aliphatic rings. The van der Waals surface area contributed by atoms with Crippen LogP contribution in [0.1, 0.15) is 50.6 Å². The normalized spacial score (nSPS) is 22.1. The van der Waals surface area contributed by atoms with Gasteiger partial charge in [-0.1, -0.05) is 25.5 Å². The van der Waals surface area contributed by atoms with Crippen LogP contribution in [0.2, 0.25) is 0 Å². The summed E-state index contributed by atoms with van der Waals surface area (Å²) >= 11 is 1.89. The Kier molecular flexibility index (Phi) is 6.40. The van der Waals surface area contributed by atoms with E-state index in [9.17, 15) is 0 Å². The molecule has 2 aliphatic heterocycles. The number of thioether (sulfide) groups is 1. The minimum Gasteiger partial charge on any atom is -0.494 e. The number of ether oxygens (including phenoxy) is 1. The lowest BCUT2D eigenvalue weighted by atomic mass is 10.1. The van der Waals surface area contributed by atoms with Gasteiger partial charge < -0.3 is 9.64 Å². The summed E-state index contributed by atoms with van der Waals surface area (Å²) in [5.74, 6) is 2.07. The molecule has 0 radical (unpaired) electrons. The van der Waals surface area contributed by atoms with Gasteiger partial charge >= 0.3 is 0 Å². The van der Waals surface area contributed by atoms with Gasteiger partial charge in [-0.25, -0.2) is 0 Å². The van der Waals surface area contributed by atoms with E-state index in [1.165, 1.54) is 49.5 Å². The molecule has 1 fully saturated rings. The van der Waals surface area contributed by atoms with Gasteiger partial charge in [0.05, 0.1) is 17.7 Å². The van der Waals surface area contributed by atoms with Gasteiger partial charge in [0.25, 0.3) is 0 Å². The predicted octanol–water partition coefficient (Wildman–Crippen LogP) is 4.54. The Balaban J connectivity index is 1.40. The van der Waals surface area contributed by atoms with Gasteiger partial charge in [0, 0.05) is 12.3 Å². The van der Waals surface area contributed by atoms with Gasteiger partial charge in [0.2, 0.25) is 0 Å². The Hall–Kier alpha value is -1.00. The van der Waals surface area contributed by atoms with Crippen molar-refractivity contribution in [1.29, 1.82) is 0 Å². The van der Waals surface area contributed by atoms with Crippen molar-refractivity contribution in [2.45, 2.75) is 45.1 Å². The number of likely N-dealkylation sites (tertiary alicyclic amines) is 1. The van der Waals surface area contributed by atoms with E-state index >= 15 is 0 Å². The number of rotatable bonds is 7. The Morgan fingerprint density at radius 3 is 2.65 bits per heavy atom. The first-order valence-electron chi connectivity index (χ1n) is 9.00. The lowest BCUT2D eigenvalue weighted by Crippen LogP contribution is -2.31. The quantitative estimate of drug-likeness (QED) is 0.685. The molecule has 3 rings (SSSR count). The number of aliphatic imine (C=N–C) groups is 1. The molecule has 1 aromatic rings. The van der Waals surface area contributed by atoms with Crippen molar-refractivity contribution in [2.24, 2.45) is 4.99 Å². The Morgan fingerprint density at radius 2 is 1.96 bits per heavy atom. The smallest absolute Gasteiger partial charge is 0.119 e. The second-order valence-corrected chi connectivity index (χ2v) is 7.47.